The van der Waals surface area contributed by atoms with Gasteiger partial charge in [0.1, 0.15) is 5.60 Å². The van der Waals surface area contributed by atoms with Gasteiger partial charge in [0.15, 0.2) is 5.96 Å². The lowest BCUT2D eigenvalue weighted by Gasteiger charge is -2.30. The van der Waals surface area contributed by atoms with Gasteiger partial charge in [0.2, 0.25) is 0 Å². The van der Waals surface area contributed by atoms with E-state index >= 15 is 0 Å². The standard InChI is InChI=1S/C21H36N4O/c1-4-22-20(23-13-8-14-25-15-11-18(2)12-16-25)24-17-21(3,26)19-9-6-5-7-10-19/h5-7,9-10,18,26H,4,8,11-17H2,1-3H3,(H2,22,23,24). The normalized spacial score (nSPS) is 19.2. The van der Waals surface area contributed by atoms with Crippen molar-refractivity contribution in [2.75, 3.05) is 39.3 Å². The smallest absolute Gasteiger partial charge is 0.191 e. The van der Waals surface area contributed by atoms with Crippen LogP contribution in [0.2, 0.25) is 0 Å². The summed E-state index contributed by atoms with van der Waals surface area (Å²) in [5.74, 6) is 1.66. The van der Waals surface area contributed by atoms with Crippen molar-refractivity contribution in [1.82, 2.24) is 15.5 Å². The predicted octanol–water partition coefficient (Wildman–Crippen LogP) is 2.57. The Hall–Kier alpha value is -1.59. The Morgan fingerprint density at radius 2 is 1.92 bits per heavy atom. The van der Waals surface area contributed by atoms with E-state index in [-0.39, 0.29) is 0 Å². The van der Waals surface area contributed by atoms with Crippen LogP contribution in [0.15, 0.2) is 35.3 Å². The molecule has 1 unspecified atom stereocenters. The summed E-state index contributed by atoms with van der Waals surface area (Å²) in [6, 6.07) is 9.72. The molecular weight excluding hydrogens is 324 g/mol. The molecule has 1 aromatic carbocycles. The van der Waals surface area contributed by atoms with E-state index in [9.17, 15) is 5.11 Å². The number of piperidine rings is 1. The molecule has 1 aromatic rings. The third kappa shape index (κ3) is 6.96. The number of hydrogen-bond acceptors (Lipinski definition) is 3. The fraction of sp³-hybridized carbons (Fsp3) is 0.667. The molecule has 3 N–H and O–H groups in total. The van der Waals surface area contributed by atoms with Crippen LogP contribution in [0.1, 0.15) is 45.6 Å². The summed E-state index contributed by atoms with van der Waals surface area (Å²) in [5, 5.41) is 17.4. The van der Waals surface area contributed by atoms with Gasteiger partial charge in [0.25, 0.3) is 0 Å². The number of likely N-dealkylation sites (tertiary alicyclic amines) is 1. The lowest BCUT2D eigenvalue weighted by molar-refractivity contribution is 0.0672. The highest BCUT2D eigenvalue weighted by Crippen LogP contribution is 2.20. The van der Waals surface area contributed by atoms with Gasteiger partial charge in [0.05, 0.1) is 6.54 Å². The average molecular weight is 361 g/mol. The molecule has 0 aliphatic carbocycles. The van der Waals surface area contributed by atoms with Gasteiger partial charge in [-0.3, -0.25) is 0 Å². The lowest BCUT2D eigenvalue weighted by Crippen LogP contribution is -2.40. The van der Waals surface area contributed by atoms with E-state index in [0.717, 1.165) is 43.5 Å². The first kappa shape index (κ1) is 20.7. The van der Waals surface area contributed by atoms with E-state index in [2.05, 4.69) is 34.4 Å². The molecule has 5 nitrogen and oxygen atoms in total. The second-order valence-corrected chi connectivity index (χ2v) is 7.64. The molecule has 26 heavy (non-hydrogen) atoms. The minimum absolute atomic E-state index is 0.330. The molecule has 1 aliphatic rings. The Morgan fingerprint density at radius 1 is 1.23 bits per heavy atom. The number of guanidine groups is 1. The monoisotopic (exact) mass is 360 g/mol. The first-order valence-corrected chi connectivity index (χ1v) is 10.0. The van der Waals surface area contributed by atoms with Crippen molar-refractivity contribution < 1.29 is 5.11 Å². The lowest BCUT2D eigenvalue weighted by atomic mass is 9.96. The molecule has 146 valence electrons. The van der Waals surface area contributed by atoms with Crippen molar-refractivity contribution in [1.29, 1.82) is 0 Å². The summed E-state index contributed by atoms with van der Waals surface area (Å²) in [6.07, 6.45) is 3.76. The molecule has 0 radical (unpaired) electrons. The van der Waals surface area contributed by atoms with Crippen LogP contribution in [-0.2, 0) is 5.60 Å². The number of benzene rings is 1. The van der Waals surface area contributed by atoms with Crippen molar-refractivity contribution in [3.63, 3.8) is 0 Å². The van der Waals surface area contributed by atoms with E-state index in [1.165, 1.54) is 25.9 Å². The molecule has 1 saturated heterocycles. The van der Waals surface area contributed by atoms with Gasteiger partial charge in [0, 0.05) is 13.1 Å². The highest BCUT2D eigenvalue weighted by molar-refractivity contribution is 5.79. The van der Waals surface area contributed by atoms with Crippen molar-refractivity contribution in [2.24, 2.45) is 10.9 Å². The summed E-state index contributed by atoms with van der Waals surface area (Å²) in [6.45, 7) is 11.9. The van der Waals surface area contributed by atoms with Crippen LogP contribution in [-0.4, -0.2) is 55.2 Å². The van der Waals surface area contributed by atoms with Crippen LogP contribution < -0.4 is 10.6 Å². The second-order valence-electron chi connectivity index (χ2n) is 7.64. The number of nitrogens with zero attached hydrogens (tertiary/aromatic N) is 2. The summed E-state index contributed by atoms with van der Waals surface area (Å²) < 4.78 is 0. The molecule has 0 saturated carbocycles. The van der Waals surface area contributed by atoms with Crippen LogP contribution in [0.5, 0.6) is 0 Å². The van der Waals surface area contributed by atoms with E-state index < -0.39 is 5.60 Å². The maximum atomic E-state index is 10.7. The molecule has 5 heteroatoms. The van der Waals surface area contributed by atoms with Gasteiger partial charge in [-0.1, -0.05) is 37.3 Å². The minimum Gasteiger partial charge on any atom is -0.384 e. The highest BCUT2D eigenvalue weighted by atomic mass is 16.3. The van der Waals surface area contributed by atoms with Crippen molar-refractivity contribution >= 4 is 5.96 Å². The van der Waals surface area contributed by atoms with Crippen molar-refractivity contribution in [3.8, 4) is 0 Å². The Bertz CT molecular complexity index is 536. The summed E-state index contributed by atoms with van der Waals surface area (Å²) in [5.41, 5.74) is -0.0763. The van der Waals surface area contributed by atoms with Gasteiger partial charge in [-0.05, 0) is 64.2 Å². The molecule has 0 aromatic heterocycles. The Morgan fingerprint density at radius 3 is 2.58 bits per heavy atom. The van der Waals surface area contributed by atoms with Crippen LogP contribution in [0.25, 0.3) is 0 Å². The molecule has 0 spiro atoms. The quantitative estimate of drug-likeness (QED) is 0.379. The number of aliphatic imine (C=N–C) groups is 1. The van der Waals surface area contributed by atoms with E-state index in [4.69, 9.17) is 0 Å². The van der Waals surface area contributed by atoms with Crippen molar-refractivity contribution in [3.05, 3.63) is 35.9 Å². The molecule has 1 atom stereocenters. The van der Waals surface area contributed by atoms with Gasteiger partial charge in [-0.25, -0.2) is 4.99 Å². The molecule has 2 rings (SSSR count). The van der Waals surface area contributed by atoms with Gasteiger partial charge < -0.3 is 20.6 Å². The van der Waals surface area contributed by atoms with Crippen LogP contribution in [0.4, 0.5) is 0 Å². The first-order valence-electron chi connectivity index (χ1n) is 10.0. The zero-order chi connectivity index (χ0) is 18.8. The first-order chi connectivity index (χ1) is 12.5. The maximum absolute atomic E-state index is 10.7. The predicted molar refractivity (Wildman–Crippen MR) is 109 cm³/mol. The Labute approximate surface area is 158 Å². The molecule has 1 heterocycles. The maximum Gasteiger partial charge on any atom is 0.191 e. The molecule has 1 fully saturated rings. The van der Waals surface area contributed by atoms with Crippen molar-refractivity contribution in [2.45, 2.75) is 45.6 Å². The molecule has 0 bridgehead atoms. The van der Waals surface area contributed by atoms with Crippen LogP contribution in [0.3, 0.4) is 0 Å². The summed E-state index contributed by atoms with van der Waals surface area (Å²) in [7, 11) is 0. The van der Waals surface area contributed by atoms with Gasteiger partial charge >= 0.3 is 0 Å². The van der Waals surface area contributed by atoms with Gasteiger partial charge in [-0.15, -0.1) is 0 Å². The molecular formula is C21H36N4O. The Balaban J connectivity index is 1.77. The fourth-order valence-corrected chi connectivity index (χ4v) is 3.26. The van der Waals surface area contributed by atoms with Crippen LogP contribution in [0, 0.1) is 5.92 Å². The summed E-state index contributed by atoms with van der Waals surface area (Å²) >= 11 is 0. The minimum atomic E-state index is -0.964. The SMILES string of the molecule is CCNC(=NCC(C)(O)c1ccccc1)NCCCN1CCC(C)CC1. The number of rotatable bonds is 8. The number of nitrogens with one attached hydrogen (secondary N) is 2. The average Bonchev–Trinajstić information content (AvgIpc) is 2.65. The molecule has 0 amide bonds. The fourth-order valence-electron chi connectivity index (χ4n) is 3.26. The van der Waals surface area contributed by atoms with E-state index in [1.807, 2.05) is 37.3 Å². The second kappa shape index (κ2) is 10.5. The topological polar surface area (TPSA) is 59.9 Å². The Kier molecular flexibility index (Phi) is 8.39. The summed E-state index contributed by atoms with van der Waals surface area (Å²) in [4.78, 5) is 7.15. The van der Waals surface area contributed by atoms with E-state index in [1.54, 1.807) is 0 Å². The largest absolute Gasteiger partial charge is 0.384 e. The third-order valence-electron chi connectivity index (χ3n) is 5.10. The van der Waals surface area contributed by atoms with Gasteiger partial charge in [-0.2, -0.15) is 0 Å². The van der Waals surface area contributed by atoms with E-state index in [0.29, 0.717) is 6.54 Å². The van der Waals surface area contributed by atoms with Crippen LogP contribution >= 0.6 is 0 Å². The third-order valence-corrected chi connectivity index (χ3v) is 5.10. The molecule has 1 aliphatic heterocycles. The zero-order valence-electron chi connectivity index (χ0n) is 16.7. The highest BCUT2D eigenvalue weighted by Gasteiger charge is 2.22. The zero-order valence-corrected chi connectivity index (χ0v) is 16.7. The number of hydrogen-bond donors (Lipinski definition) is 3. The number of aliphatic hydroxyl groups is 1.